The van der Waals surface area contributed by atoms with Gasteiger partial charge < -0.3 is 19.5 Å². The van der Waals surface area contributed by atoms with Crippen LogP contribution in [0.5, 0.6) is 5.75 Å². The number of aliphatic imine (C=N–C) groups is 1. The summed E-state index contributed by atoms with van der Waals surface area (Å²) in [7, 11) is 1.68. The summed E-state index contributed by atoms with van der Waals surface area (Å²) in [5.74, 6) is 0.539. The van der Waals surface area contributed by atoms with Crippen LogP contribution < -0.4 is 10.1 Å². The normalized spacial score (nSPS) is 16.1. The van der Waals surface area contributed by atoms with Crippen molar-refractivity contribution in [2.45, 2.75) is 12.7 Å². The first kappa shape index (κ1) is 21.0. The van der Waals surface area contributed by atoms with Gasteiger partial charge in [-0.3, -0.25) is 9.89 Å². The number of halogens is 3. The van der Waals surface area contributed by atoms with Crippen molar-refractivity contribution in [3.8, 4) is 5.75 Å². The Labute approximate surface area is 167 Å². The second kappa shape index (κ2) is 9.64. The number of nitrogens with zero attached hydrogens (tertiary/aromatic N) is 4. The van der Waals surface area contributed by atoms with E-state index < -0.39 is 11.7 Å². The van der Waals surface area contributed by atoms with Crippen molar-refractivity contribution in [1.29, 1.82) is 0 Å². The third-order valence-electron chi connectivity index (χ3n) is 4.60. The Bertz CT molecular complexity index is 787. The van der Waals surface area contributed by atoms with Crippen LogP contribution in [0.25, 0.3) is 0 Å². The van der Waals surface area contributed by atoms with E-state index in [4.69, 9.17) is 9.26 Å². The van der Waals surface area contributed by atoms with Crippen molar-refractivity contribution in [1.82, 2.24) is 20.3 Å². The summed E-state index contributed by atoms with van der Waals surface area (Å²) >= 11 is 0. The molecule has 1 aliphatic rings. The molecule has 0 bridgehead atoms. The van der Waals surface area contributed by atoms with Crippen LogP contribution in [0, 0.1) is 0 Å². The molecule has 0 radical (unpaired) electrons. The smallest absolute Gasteiger partial charge is 0.419 e. The summed E-state index contributed by atoms with van der Waals surface area (Å²) < 4.78 is 49.2. The molecular weight excluding hydrogens is 387 g/mol. The van der Waals surface area contributed by atoms with E-state index in [1.165, 1.54) is 18.2 Å². The van der Waals surface area contributed by atoms with Crippen molar-refractivity contribution in [3.05, 3.63) is 47.9 Å². The summed E-state index contributed by atoms with van der Waals surface area (Å²) in [4.78, 5) is 8.65. The summed E-state index contributed by atoms with van der Waals surface area (Å²) in [5.41, 5.74) is 0.130. The van der Waals surface area contributed by atoms with E-state index in [2.05, 4.69) is 25.3 Å². The van der Waals surface area contributed by atoms with Crippen LogP contribution in [0.3, 0.4) is 0 Å². The molecule has 29 heavy (non-hydrogen) atoms. The summed E-state index contributed by atoms with van der Waals surface area (Å²) in [6.07, 6.45) is -2.88. The van der Waals surface area contributed by atoms with Crippen LogP contribution in [0.2, 0.25) is 0 Å². The zero-order valence-electron chi connectivity index (χ0n) is 16.2. The maximum Gasteiger partial charge on any atom is 0.419 e. The molecule has 0 aliphatic carbocycles. The third-order valence-corrected chi connectivity index (χ3v) is 4.60. The van der Waals surface area contributed by atoms with Crippen molar-refractivity contribution in [2.75, 3.05) is 46.4 Å². The number of alkyl halides is 3. The second-order valence-electron chi connectivity index (χ2n) is 6.57. The molecule has 158 valence electrons. The molecule has 0 atom stereocenters. The molecule has 0 unspecified atom stereocenters. The lowest BCUT2D eigenvalue weighted by Gasteiger charge is -2.36. The maximum atomic E-state index is 13.0. The number of hydrogen-bond donors (Lipinski definition) is 1. The fourth-order valence-electron chi connectivity index (χ4n) is 3.15. The van der Waals surface area contributed by atoms with Crippen molar-refractivity contribution < 1.29 is 22.4 Å². The first-order chi connectivity index (χ1) is 14.0. The molecule has 1 aliphatic heterocycles. The fourth-order valence-corrected chi connectivity index (χ4v) is 3.15. The first-order valence-corrected chi connectivity index (χ1v) is 9.33. The molecule has 1 N–H and O–H groups in total. The van der Waals surface area contributed by atoms with Crippen LogP contribution in [-0.4, -0.2) is 67.3 Å². The average Bonchev–Trinajstić information content (AvgIpc) is 3.21. The van der Waals surface area contributed by atoms with Crippen LogP contribution in [0.1, 0.15) is 11.3 Å². The monoisotopic (exact) mass is 411 g/mol. The zero-order chi connectivity index (χ0) is 20.7. The highest BCUT2D eigenvalue weighted by atomic mass is 19.4. The lowest BCUT2D eigenvalue weighted by atomic mass is 10.2. The highest BCUT2D eigenvalue weighted by Gasteiger charge is 2.34. The van der Waals surface area contributed by atoms with Gasteiger partial charge in [0.1, 0.15) is 18.6 Å². The van der Waals surface area contributed by atoms with E-state index in [0.29, 0.717) is 12.5 Å². The summed E-state index contributed by atoms with van der Waals surface area (Å²) in [5, 5.41) is 7.08. The number of hydrogen-bond acceptors (Lipinski definition) is 5. The van der Waals surface area contributed by atoms with Gasteiger partial charge in [0.25, 0.3) is 0 Å². The van der Waals surface area contributed by atoms with Crippen molar-refractivity contribution >= 4 is 5.96 Å². The molecular formula is C19H24F3N5O2. The number of guanidine groups is 1. The van der Waals surface area contributed by atoms with Gasteiger partial charge in [-0.15, -0.1) is 0 Å². The van der Waals surface area contributed by atoms with Gasteiger partial charge in [0.05, 0.1) is 17.8 Å². The van der Waals surface area contributed by atoms with Gasteiger partial charge in [-0.2, -0.15) is 13.2 Å². The Morgan fingerprint density at radius 2 is 1.97 bits per heavy atom. The predicted octanol–water partition coefficient (Wildman–Crippen LogP) is 2.47. The third kappa shape index (κ3) is 5.86. The quantitative estimate of drug-likeness (QED) is 0.448. The molecule has 2 heterocycles. The zero-order valence-corrected chi connectivity index (χ0v) is 16.2. The van der Waals surface area contributed by atoms with Gasteiger partial charge in [-0.25, -0.2) is 0 Å². The lowest BCUT2D eigenvalue weighted by Crippen LogP contribution is -2.52. The standard InChI is InChI=1S/C19H24F3N5O2/c1-23-18(27-10-8-26(9-11-27)14-15-6-12-29-25-15)24-7-13-28-17-5-3-2-4-16(17)19(20,21)22/h2-6,12H,7-11,13-14H2,1H3,(H,23,24). The van der Waals surface area contributed by atoms with Crippen molar-refractivity contribution in [2.24, 2.45) is 4.99 Å². The van der Waals surface area contributed by atoms with Crippen LogP contribution >= 0.6 is 0 Å². The number of ether oxygens (including phenoxy) is 1. The first-order valence-electron chi connectivity index (χ1n) is 9.33. The minimum Gasteiger partial charge on any atom is -0.491 e. The van der Waals surface area contributed by atoms with E-state index in [-0.39, 0.29) is 12.4 Å². The van der Waals surface area contributed by atoms with Crippen LogP contribution in [0.15, 0.2) is 46.1 Å². The number of benzene rings is 1. The molecule has 1 fully saturated rings. The topological polar surface area (TPSA) is 66.1 Å². The molecule has 0 spiro atoms. The molecule has 0 amide bonds. The Hall–Kier alpha value is -2.75. The van der Waals surface area contributed by atoms with Gasteiger partial charge >= 0.3 is 6.18 Å². The second-order valence-corrected chi connectivity index (χ2v) is 6.57. The minimum absolute atomic E-state index is 0.0955. The van der Waals surface area contributed by atoms with E-state index in [1.54, 1.807) is 13.3 Å². The van der Waals surface area contributed by atoms with Crippen LogP contribution in [0.4, 0.5) is 13.2 Å². The fraction of sp³-hybridized carbons (Fsp3) is 0.474. The number of piperazine rings is 1. The molecule has 3 rings (SSSR count). The lowest BCUT2D eigenvalue weighted by molar-refractivity contribution is -0.138. The van der Waals surface area contributed by atoms with Gasteiger partial charge in [0, 0.05) is 45.8 Å². The maximum absolute atomic E-state index is 13.0. The van der Waals surface area contributed by atoms with E-state index in [0.717, 1.165) is 44.5 Å². The Morgan fingerprint density at radius 1 is 1.21 bits per heavy atom. The SMILES string of the molecule is CN=C(NCCOc1ccccc1C(F)(F)F)N1CCN(Cc2ccon2)CC1. The molecule has 0 saturated carbocycles. The molecule has 1 saturated heterocycles. The Balaban J connectivity index is 1.42. The molecule has 10 heteroatoms. The van der Waals surface area contributed by atoms with Gasteiger partial charge in [-0.05, 0) is 12.1 Å². The van der Waals surface area contributed by atoms with E-state index >= 15 is 0 Å². The average molecular weight is 411 g/mol. The number of nitrogens with one attached hydrogen (secondary N) is 1. The molecule has 2 aromatic rings. The van der Waals surface area contributed by atoms with Gasteiger partial charge in [-0.1, -0.05) is 17.3 Å². The van der Waals surface area contributed by atoms with Crippen LogP contribution in [-0.2, 0) is 12.7 Å². The highest BCUT2D eigenvalue weighted by molar-refractivity contribution is 5.80. The predicted molar refractivity (Wildman–Crippen MR) is 102 cm³/mol. The van der Waals surface area contributed by atoms with Gasteiger partial charge in [0.15, 0.2) is 5.96 Å². The highest BCUT2D eigenvalue weighted by Crippen LogP contribution is 2.35. The molecule has 7 nitrogen and oxygen atoms in total. The number of para-hydroxylation sites is 1. The Kier molecular flexibility index (Phi) is 6.97. The number of rotatable bonds is 6. The largest absolute Gasteiger partial charge is 0.491 e. The number of aromatic nitrogens is 1. The molecule has 1 aromatic carbocycles. The Morgan fingerprint density at radius 3 is 2.62 bits per heavy atom. The summed E-state index contributed by atoms with van der Waals surface area (Å²) in [6.45, 7) is 4.45. The van der Waals surface area contributed by atoms with E-state index in [1.807, 2.05) is 6.07 Å². The molecule has 1 aromatic heterocycles. The van der Waals surface area contributed by atoms with E-state index in [9.17, 15) is 13.2 Å². The summed E-state index contributed by atoms with van der Waals surface area (Å²) in [6, 6.07) is 7.06. The van der Waals surface area contributed by atoms with Gasteiger partial charge in [0.2, 0.25) is 0 Å². The minimum atomic E-state index is -4.44. The van der Waals surface area contributed by atoms with Crippen molar-refractivity contribution in [3.63, 3.8) is 0 Å².